The van der Waals surface area contributed by atoms with Gasteiger partial charge in [0.1, 0.15) is 0 Å². The van der Waals surface area contributed by atoms with Gasteiger partial charge in [-0.1, -0.05) is 203 Å². The molecular formula is C64H53N. The van der Waals surface area contributed by atoms with Crippen LogP contribution >= 0.6 is 0 Å². The number of fused-ring (bicyclic) bond motifs is 13. The van der Waals surface area contributed by atoms with Crippen molar-refractivity contribution < 1.29 is 0 Å². The van der Waals surface area contributed by atoms with Crippen LogP contribution in [-0.2, 0) is 23.7 Å². The van der Waals surface area contributed by atoms with Gasteiger partial charge in [0.25, 0.3) is 0 Å². The number of benzene rings is 9. The number of hydrogen-bond donors (Lipinski definition) is 0. The predicted molar refractivity (Wildman–Crippen MR) is 272 cm³/mol. The minimum absolute atomic E-state index is 0.441. The van der Waals surface area contributed by atoms with Gasteiger partial charge in [0, 0.05) is 17.1 Å². The lowest BCUT2D eigenvalue weighted by Crippen LogP contribution is -2.29. The van der Waals surface area contributed by atoms with Crippen molar-refractivity contribution in [3.05, 3.63) is 268 Å². The molecule has 3 aliphatic rings. The van der Waals surface area contributed by atoms with Gasteiger partial charge >= 0.3 is 0 Å². The summed E-state index contributed by atoms with van der Waals surface area (Å²) in [5.74, 6) is 0. The number of anilines is 3. The van der Waals surface area contributed by atoms with E-state index in [2.05, 4.69) is 231 Å². The summed E-state index contributed by atoms with van der Waals surface area (Å²) in [6.07, 6.45) is 6.87. The first-order valence-corrected chi connectivity index (χ1v) is 23.9. The normalized spacial score (nSPS) is 17.0. The molecule has 0 saturated heterocycles. The molecule has 2 unspecified atom stereocenters. The van der Waals surface area contributed by atoms with E-state index in [0.717, 1.165) is 29.9 Å². The second-order valence-electron chi connectivity index (χ2n) is 18.4. The molecule has 0 N–H and O–H groups in total. The van der Waals surface area contributed by atoms with E-state index in [4.69, 9.17) is 0 Å². The molecule has 0 aliphatic heterocycles. The van der Waals surface area contributed by atoms with Crippen LogP contribution in [-0.4, -0.2) is 0 Å². The molecule has 1 heteroatoms. The van der Waals surface area contributed by atoms with Gasteiger partial charge in [-0.05, 0) is 151 Å². The Morgan fingerprint density at radius 2 is 0.738 bits per heavy atom. The molecule has 2 atom stereocenters. The number of nitrogens with zero attached hydrogens (tertiary/aromatic N) is 1. The number of para-hydroxylation sites is 1. The van der Waals surface area contributed by atoms with Gasteiger partial charge in [-0.25, -0.2) is 0 Å². The second kappa shape index (κ2) is 15.8. The van der Waals surface area contributed by atoms with Crippen LogP contribution in [0.4, 0.5) is 17.1 Å². The maximum absolute atomic E-state index is 2.55. The fourth-order valence-electron chi connectivity index (χ4n) is 12.1. The summed E-state index contributed by atoms with van der Waals surface area (Å²) in [6, 6.07) is 81.2. The van der Waals surface area contributed by atoms with Crippen molar-refractivity contribution in [1.29, 1.82) is 0 Å². The van der Waals surface area contributed by atoms with Crippen LogP contribution < -0.4 is 4.90 Å². The van der Waals surface area contributed by atoms with E-state index in [1.807, 2.05) is 0 Å². The molecule has 314 valence electrons. The van der Waals surface area contributed by atoms with Crippen LogP contribution in [0.1, 0.15) is 95.2 Å². The van der Waals surface area contributed by atoms with Crippen LogP contribution in [0.2, 0.25) is 0 Å². The third kappa shape index (κ3) is 5.84. The summed E-state index contributed by atoms with van der Waals surface area (Å²) in [6.45, 7) is 4.58. The van der Waals surface area contributed by atoms with Crippen molar-refractivity contribution in [1.82, 2.24) is 0 Å². The van der Waals surface area contributed by atoms with Crippen LogP contribution in [0.5, 0.6) is 0 Å². The number of hydrogen-bond acceptors (Lipinski definition) is 1. The van der Waals surface area contributed by atoms with E-state index in [9.17, 15) is 0 Å². The lowest BCUT2D eigenvalue weighted by Gasteiger charge is -2.35. The molecule has 0 amide bonds. The zero-order valence-corrected chi connectivity index (χ0v) is 37.4. The van der Waals surface area contributed by atoms with Crippen LogP contribution in [0.25, 0.3) is 33.4 Å². The summed E-state index contributed by atoms with van der Waals surface area (Å²) in [5.41, 5.74) is 24.0. The highest BCUT2D eigenvalue weighted by Gasteiger charge is 2.52. The molecule has 0 radical (unpaired) electrons. The molecule has 0 bridgehead atoms. The second-order valence-corrected chi connectivity index (χ2v) is 18.4. The summed E-state index contributed by atoms with van der Waals surface area (Å²) >= 11 is 0. The van der Waals surface area contributed by atoms with Gasteiger partial charge in [-0.3, -0.25) is 0 Å². The standard InChI is InChI=1S/C64H53N/c1-3-5-20-44-22-19-25-47(40-44)63(46-23-9-7-10-24-46)57-31-16-13-28-51(57)55-38-35-49(42-61(55)63)65(48-26-11-8-12-27-48)50-36-39-56-53-30-15-18-33-59(53)64(62(56)43-50)58-32-17-14-29-52(58)54-37-34-45(21-6-4-2)41-60(54)64/h7-19,22-43H,3-6,20-21H2,1-2H3. The molecule has 0 saturated carbocycles. The lowest BCUT2D eigenvalue weighted by atomic mass is 9.67. The molecule has 12 rings (SSSR count). The molecule has 3 aliphatic carbocycles. The molecule has 9 aromatic carbocycles. The molecule has 0 fully saturated rings. The smallest absolute Gasteiger partial charge is 0.0726 e. The zero-order valence-electron chi connectivity index (χ0n) is 37.4. The first-order chi connectivity index (χ1) is 32.2. The van der Waals surface area contributed by atoms with E-state index >= 15 is 0 Å². The van der Waals surface area contributed by atoms with Gasteiger partial charge < -0.3 is 4.90 Å². The van der Waals surface area contributed by atoms with Crippen molar-refractivity contribution in [2.45, 2.75) is 63.2 Å². The Morgan fingerprint density at radius 1 is 0.308 bits per heavy atom. The van der Waals surface area contributed by atoms with E-state index in [-0.39, 0.29) is 0 Å². The van der Waals surface area contributed by atoms with Crippen LogP contribution in [0.15, 0.2) is 212 Å². The van der Waals surface area contributed by atoms with Crippen LogP contribution in [0, 0.1) is 0 Å². The molecular weight excluding hydrogens is 783 g/mol. The largest absolute Gasteiger partial charge is 0.310 e. The maximum atomic E-state index is 2.55. The SMILES string of the molecule is CCCCc1cccc(C2(c3ccccc3)c3ccccc3-c3ccc(N(c4ccccc4)c4ccc5c(c4)C4(c6ccccc6-c6ccc(CCCC)cc64)c4ccccc4-5)cc32)c1. The minimum Gasteiger partial charge on any atom is -0.310 e. The molecule has 0 heterocycles. The topological polar surface area (TPSA) is 3.24 Å². The highest BCUT2D eigenvalue weighted by Crippen LogP contribution is 2.64. The molecule has 9 aromatic rings. The van der Waals surface area contributed by atoms with Crippen molar-refractivity contribution in [3.8, 4) is 33.4 Å². The van der Waals surface area contributed by atoms with Crippen molar-refractivity contribution in [2.24, 2.45) is 0 Å². The summed E-state index contributed by atoms with van der Waals surface area (Å²) in [5, 5.41) is 0. The summed E-state index contributed by atoms with van der Waals surface area (Å²) < 4.78 is 0. The summed E-state index contributed by atoms with van der Waals surface area (Å²) in [4.78, 5) is 2.51. The third-order valence-electron chi connectivity index (χ3n) is 14.9. The Bertz CT molecular complexity index is 3140. The van der Waals surface area contributed by atoms with Gasteiger partial charge in [-0.2, -0.15) is 0 Å². The van der Waals surface area contributed by atoms with Gasteiger partial charge in [0.2, 0.25) is 0 Å². The Hall–Kier alpha value is -7.22. The van der Waals surface area contributed by atoms with E-state index < -0.39 is 10.8 Å². The van der Waals surface area contributed by atoms with E-state index in [1.165, 1.54) is 115 Å². The highest BCUT2D eigenvalue weighted by molar-refractivity contribution is 5.97. The van der Waals surface area contributed by atoms with Gasteiger partial charge in [0.15, 0.2) is 0 Å². The monoisotopic (exact) mass is 835 g/mol. The molecule has 0 aromatic heterocycles. The third-order valence-corrected chi connectivity index (χ3v) is 14.9. The number of rotatable bonds is 11. The van der Waals surface area contributed by atoms with Gasteiger partial charge in [-0.15, -0.1) is 0 Å². The Kier molecular flexibility index (Phi) is 9.56. The Balaban J connectivity index is 1.11. The lowest BCUT2D eigenvalue weighted by molar-refractivity contribution is 0.757. The van der Waals surface area contributed by atoms with Crippen LogP contribution in [0.3, 0.4) is 0 Å². The minimum atomic E-state index is -0.510. The van der Waals surface area contributed by atoms with E-state index in [1.54, 1.807) is 0 Å². The number of unbranched alkanes of at least 4 members (excludes halogenated alkanes) is 2. The quantitative estimate of drug-likeness (QED) is 0.125. The first kappa shape index (κ1) is 39.4. The predicted octanol–water partition coefficient (Wildman–Crippen LogP) is 16.5. The number of aryl methyl sites for hydroxylation is 2. The fourth-order valence-corrected chi connectivity index (χ4v) is 12.1. The first-order valence-electron chi connectivity index (χ1n) is 23.9. The Morgan fingerprint density at radius 3 is 1.31 bits per heavy atom. The fraction of sp³-hybridized carbons (Fsp3) is 0.156. The van der Waals surface area contributed by atoms with E-state index in [0.29, 0.717) is 0 Å². The van der Waals surface area contributed by atoms with Gasteiger partial charge in [0.05, 0.1) is 10.8 Å². The maximum Gasteiger partial charge on any atom is 0.0726 e. The molecule has 1 spiro atoms. The molecule has 1 nitrogen and oxygen atoms in total. The summed E-state index contributed by atoms with van der Waals surface area (Å²) in [7, 11) is 0. The van der Waals surface area contributed by atoms with Crippen molar-refractivity contribution in [3.63, 3.8) is 0 Å². The Labute approximate surface area is 384 Å². The molecule has 65 heavy (non-hydrogen) atoms. The van der Waals surface area contributed by atoms with Crippen molar-refractivity contribution >= 4 is 17.1 Å². The average Bonchev–Trinajstić information content (AvgIpc) is 3.95. The van der Waals surface area contributed by atoms with Crippen molar-refractivity contribution in [2.75, 3.05) is 4.90 Å². The highest BCUT2D eigenvalue weighted by atomic mass is 15.1. The zero-order chi connectivity index (χ0) is 43.5. The average molecular weight is 836 g/mol.